The summed E-state index contributed by atoms with van der Waals surface area (Å²) in [6, 6.07) is 81.3. The van der Waals surface area contributed by atoms with Crippen LogP contribution >= 0.6 is 11.3 Å². The fourth-order valence-electron chi connectivity index (χ4n) is 10.7. The second kappa shape index (κ2) is 16.5. The van der Waals surface area contributed by atoms with E-state index in [9.17, 15) is 0 Å². The van der Waals surface area contributed by atoms with E-state index in [0.29, 0.717) is 5.92 Å². The zero-order valence-electron chi connectivity index (χ0n) is 35.8. The maximum absolute atomic E-state index is 2.53. The molecule has 0 aliphatic heterocycles. The van der Waals surface area contributed by atoms with Crippen LogP contribution in [-0.2, 0) is 0 Å². The first-order valence-corrected chi connectivity index (χ1v) is 23.7. The molecule has 1 nitrogen and oxygen atoms in total. The Balaban J connectivity index is 1.09. The summed E-state index contributed by atoms with van der Waals surface area (Å²) in [4.78, 5) is 2.53. The van der Waals surface area contributed by atoms with Crippen molar-refractivity contribution in [2.75, 3.05) is 4.90 Å². The normalized spacial score (nSPS) is 13.2. The Labute approximate surface area is 379 Å². The van der Waals surface area contributed by atoms with Crippen molar-refractivity contribution in [2.24, 2.45) is 0 Å². The number of nitrogens with zero attached hydrogens (tertiary/aromatic N) is 1. The van der Waals surface area contributed by atoms with Crippen LogP contribution in [0.3, 0.4) is 0 Å². The third-order valence-electron chi connectivity index (χ3n) is 13.7. The average molecular weight is 838 g/mol. The molecule has 64 heavy (non-hydrogen) atoms. The highest BCUT2D eigenvalue weighted by Crippen LogP contribution is 2.50. The van der Waals surface area contributed by atoms with Gasteiger partial charge in [-0.25, -0.2) is 0 Å². The monoisotopic (exact) mass is 837 g/mol. The standard InChI is InChI=1S/C62H47NS/c1-3-18-42(19-4-1)48-29-13-22-45-24-15-32-54(60(45)48)51-26-7-10-35-57(51)63(47-40-38-44(39-41-47)50-31-17-34-56-53-28-9-12-37-59(53)64-62(50)56)58-36-11-8-27-52(58)55-33-16-25-46-23-14-30-49(61(46)55)43-20-5-2-6-21-43/h1,3-4,7-19,22-41,43H,2,5-6,20-21H2. The zero-order chi connectivity index (χ0) is 42.4. The molecule has 1 heterocycles. The van der Waals surface area contributed by atoms with Gasteiger partial charge in [-0.15, -0.1) is 11.3 Å². The van der Waals surface area contributed by atoms with E-state index in [1.807, 2.05) is 11.3 Å². The van der Waals surface area contributed by atoms with Crippen LogP contribution in [0.25, 0.3) is 86.2 Å². The number of rotatable bonds is 8. The summed E-state index contributed by atoms with van der Waals surface area (Å²) < 4.78 is 2.66. The predicted molar refractivity (Wildman–Crippen MR) is 277 cm³/mol. The fraction of sp³-hybridized carbons (Fsp3) is 0.0968. The number of para-hydroxylation sites is 2. The molecule has 306 valence electrons. The highest BCUT2D eigenvalue weighted by Gasteiger charge is 2.25. The summed E-state index contributed by atoms with van der Waals surface area (Å²) in [5, 5.41) is 7.84. The SMILES string of the molecule is c1ccc(-c2cccc3cccc(-c4ccccc4N(c4ccc(-c5cccc6c5sc5ccccc56)cc4)c4ccccc4-c4cccc5cccc(C6CCCCC6)c45)c23)cc1. The number of hydrogen-bond donors (Lipinski definition) is 0. The lowest BCUT2D eigenvalue weighted by molar-refractivity contribution is 0.445. The molecule has 1 saturated carbocycles. The maximum Gasteiger partial charge on any atom is 0.0540 e. The molecular formula is C62H47NS. The minimum Gasteiger partial charge on any atom is -0.309 e. The molecule has 0 amide bonds. The van der Waals surface area contributed by atoms with Gasteiger partial charge >= 0.3 is 0 Å². The third-order valence-corrected chi connectivity index (χ3v) is 14.9. The summed E-state index contributed by atoms with van der Waals surface area (Å²) in [7, 11) is 0. The van der Waals surface area contributed by atoms with Crippen LogP contribution in [0.2, 0.25) is 0 Å². The predicted octanol–water partition coefficient (Wildman–Crippen LogP) is 18.5. The van der Waals surface area contributed by atoms with Crippen molar-refractivity contribution in [3.63, 3.8) is 0 Å². The van der Waals surface area contributed by atoms with Crippen molar-refractivity contribution in [3.8, 4) is 44.5 Å². The molecule has 0 saturated heterocycles. The number of thiophene rings is 1. The van der Waals surface area contributed by atoms with E-state index in [4.69, 9.17) is 0 Å². The quantitative estimate of drug-likeness (QED) is 0.147. The number of hydrogen-bond acceptors (Lipinski definition) is 2. The van der Waals surface area contributed by atoms with E-state index in [2.05, 4.69) is 223 Å². The van der Waals surface area contributed by atoms with Crippen molar-refractivity contribution in [2.45, 2.75) is 38.0 Å². The average Bonchev–Trinajstić information content (AvgIpc) is 3.76. The van der Waals surface area contributed by atoms with Gasteiger partial charge in [-0.3, -0.25) is 0 Å². The van der Waals surface area contributed by atoms with Gasteiger partial charge in [0, 0.05) is 37.0 Å². The third kappa shape index (κ3) is 6.69. The molecular weight excluding hydrogens is 791 g/mol. The molecule has 11 aromatic rings. The molecule has 0 atom stereocenters. The van der Waals surface area contributed by atoms with Gasteiger partial charge in [0.2, 0.25) is 0 Å². The lowest BCUT2D eigenvalue weighted by atomic mass is 9.80. The first-order valence-electron chi connectivity index (χ1n) is 22.9. The highest BCUT2D eigenvalue weighted by atomic mass is 32.1. The Kier molecular flexibility index (Phi) is 9.88. The molecule has 1 aliphatic carbocycles. The summed E-state index contributed by atoms with van der Waals surface area (Å²) >= 11 is 1.89. The van der Waals surface area contributed by atoms with Gasteiger partial charge in [0.05, 0.1) is 11.4 Å². The lowest BCUT2D eigenvalue weighted by Gasteiger charge is -2.31. The van der Waals surface area contributed by atoms with Crippen LogP contribution in [0.4, 0.5) is 17.1 Å². The van der Waals surface area contributed by atoms with Crippen molar-refractivity contribution < 1.29 is 0 Å². The first kappa shape index (κ1) is 38.4. The molecule has 0 N–H and O–H groups in total. The Morgan fingerprint density at radius 3 is 1.59 bits per heavy atom. The second-order valence-corrected chi connectivity index (χ2v) is 18.4. The van der Waals surface area contributed by atoms with Gasteiger partial charge in [-0.1, -0.05) is 207 Å². The highest BCUT2D eigenvalue weighted by molar-refractivity contribution is 7.26. The van der Waals surface area contributed by atoms with Crippen molar-refractivity contribution in [1.82, 2.24) is 0 Å². The Hall–Kier alpha value is -7.26. The summed E-state index contributed by atoms with van der Waals surface area (Å²) in [5.74, 6) is 0.575. The van der Waals surface area contributed by atoms with E-state index >= 15 is 0 Å². The van der Waals surface area contributed by atoms with Crippen molar-refractivity contribution in [1.29, 1.82) is 0 Å². The van der Waals surface area contributed by atoms with Gasteiger partial charge in [-0.2, -0.15) is 0 Å². The van der Waals surface area contributed by atoms with E-state index in [0.717, 1.165) is 17.1 Å². The van der Waals surface area contributed by atoms with E-state index in [1.165, 1.54) is 124 Å². The zero-order valence-corrected chi connectivity index (χ0v) is 36.6. The summed E-state index contributed by atoms with van der Waals surface area (Å²) in [6.07, 6.45) is 6.46. The molecule has 0 spiro atoms. The van der Waals surface area contributed by atoms with Crippen LogP contribution < -0.4 is 4.90 Å². The molecule has 12 rings (SSSR count). The smallest absolute Gasteiger partial charge is 0.0540 e. The van der Waals surface area contributed by atoms with Crippen LogP contribution in [-0.4, -0.2) is 0 Å². The minimum absolute atomic E-state index is 0.575. The molecule has 0 unspecified atom stereocenters. The molecule has 1 aromatic heterocycles. The van der Waals surface area contributed by atoms with Gasteiger partial charge in [0.15, 0.2) is 0 Å². The van der Waals surface area contributed by atoms with Crippen LogP contribution in [0.5, 0.6) is 0 Å². The van der Waals surface area contributed by atoms with Crippen molar-refractivity contribution >= 4 is 70.1 Å². The molecule has 0 radical (unpaired) electrons. The van der Waals surface area contributed by atoms with Crippen LogP contribution in [0, 0.1) is 0 Å². The first-order chi connectivity index (χ1) is 31.8. The number of fused-ring (bicyclic) bond motifs is 5. The van der Waals surface area contributed by atoms with Crippen molar-refractivity contribution in [3.05, 3.63) is 224 Å². The molecule has 1 aliphatic rings. The van der Waals surface area contributed by atoms with Gasteiger partial charge in [0.25, 0.3) is 0 Å². The van der Waals surface area contributed by atoms with E-state index in [-0.39, 0.29) is 0 Å². The minimum atomic E-state index is 0.575. The number of anilines is 3. The summed E-state index contributed by atoms with van der Waals surface area (Å²) in [5.41, 5.74) is 14.8. The van der Waals surface area contributed by atoms with E-state index in [1.54, 1.807) is 0 Å². The molecule has 2 heteroatoms. The topological polar surface area (TPSA) is 3.24 Å². The van der Waals surface area contributed by atoms with Gasteiger partial charge in [-0.05, 0) is 110 Å². The maximum atomic E-state index is 2.53. The van der Waals surface area contributed by atoms with Crippen LogP contribution in [0.15, 0.2) is 218 Å². The Morgan fingerprint density at radius 2 is 0.875 bits per heavy atom. The molecule has 0 bridgehead atoms. The largest absolute Gasteiger partial charge is 0.309 e. The van der Waals surface area contributed by atoms with Crippen LogP contribution in [0.1, 0.15) is 43.6 Å². The summed E-state index contributed by atoms with van der Waals surface area (Å²) in [6.45, 7) is 0. The lowest BCUT2D eigenvalue weighted by Crippen LogP contribution is -2.13. The fourth-order valence-corrected chi connectivity index (χ4v) is 12.0. The number of benzene rings is 10. The Bertz CT molecular complexity index is 3470. The van der Waals surface area contributed by atoms with E-state index < -0.39 is 0 Å². The molecule has 1 fully saturated rings. The molecule has 10 aromatic carbocycles. The van der Waals surface area contributed by atoms with Gasteiger partial charge in [0.1, 0.15) is 0 Å². The Morgan fingerprint density at radius 1 is 0.359 bits per heavy atom. The second-order valence-electron chi connectivity index (χ2n) is 17.4. The van der Waals surface area contributed by atoms with Gasteiger partial charge < -0.3 is 4.90 Å².